The lowest BCUT2D eigenvalue weighted by molar-refractivity contribution is -0.137. The van der Waals surface area contributed by atoms with E-state index in [2.05, 4.69) is 10.9 Å². The summed E-state index contributed by atoms with van der Waals surface area (Å²) in [4.78, 5) is 24.3. The number of carbonyl (C=O) groups is 2. The van der Waals surface area contributed by atoms with Crippen molar-refractivity contribution in [2.45, 2.75) is 30.3 Å². The molecule has 11 heteroatoms. The van der Waals surface area contributed by atoms with Crippen molar-refractivity contribution in [3.63, 3.8) is 0 Å². The zero-order valence-electron chi connectivity index (χ0n) is 16.3. The van der Waals surface area contributed by atoms with Crippen LogP contribution < -0.4 is 10.9 Å². The molecule has 0 bridgehead atoms. The van der Waals surface area contributed by atoms with E-state index in [0.29, 0.717) is 13.1 Å². The SMILES string of the molecule is O=C(Cc1cccc(C(F)(F)F)c1)NNC(=O)c1cccc(S(=O)(=O)N2CCCC2)c1. The fourth-order valence-corrected chi connectivity index (χ4v) is 4.72. The van der Waals surface area contributed by atoms with Gasteiger partial charge in [-0.05, 0) is 42.7 Å². The van der Waals surface area contributed by atoms with Crippen LogP contribution in [0.5, 0.6) is 0 Å². The van der Waals surface area contributed by atoms with Crippen molar-refractivity contribution >= 4 is 21.8 Å². The summed E-state index contributed by atoms with van der Waals surface area (Å²) in [6.07, 6.45) is -3.36. The Labute approximate surface area is 177 Å². The Kier molecular flexibility index (Phi) is 6.65. The first-order valence-electron chi connectivity index (χ1n) is 9.43. The van der Waals surface area contributed by atoms with Crippen molar-refractivity contribution in [3.8, 4) is 0 Å². The molecule has 166 valence electrons. The Bertz CT molecular complexity index is 1080. The minimum absolute atomic E-state index is 0.0136. The number of halogens is 3. The van der Waals surface area contributed by atoms with Gasteiger partial charge in [0.15, 0.2) is 0 Å². The van der Waals surface area contributed by atoms with E-state index in [1.54, 1.807) is 0 Å². The Balaban J connectivity index is 1.62. The molecule has 0 aromatic heterocycles. The average molecular weight is 455 g/mol. The van der Waals surface area contributed by atoms with Crippen molar-refractivity contribution in [1.82, 2.24) is 15.2 Å². The summed E-state index contributed by atoms with van der Waals surface area (Å²) in [7, 11) is -3.71. The zero-order chi connectivity index (χ0) is 22.6. The third kappa shape index (κ3) is 5.61. The molecule has 3 rings (SSSR count). The molecule has 2 N–H and O–H groups in total. The van der Waals surface area contributed by atoms with E-state index < -0.39 is 33.6 Å². The molecule has 0 radical (unpaired) electrons. The van der Waals surface area contributed by atoms with Gasteiger partial charge in [0.1, 0.15) is 0 Å². The molecule has 2 aromatic rings. The van der Waals surface area contributed by atoms with E-state index in [1.165, 1.54) is 40.7 Å². The zero-order valence-corrected chi connectivity index (χ0v) is 17.1. The monoisotopic (exact) mass is 455 g/mol. The van der Waals surface area contributed by atoms with Crippen LogP contribution in [-0.4, -0.2) is 37.6 Å². The van der Waals surface area contributed by atoms with Crippen molar-refractivity contribution in [3.05, 3.63) is 65.2 Å². The summed E-state index contributed by atoms with van der Waals surface area (Å²) in [5, 5.41) is 0. The highest BCUT2D eigenvalue weighted by atomic mass is 32.2. The number of sulfonamides is 1. The third-order valence-corrected chi connectivity index (χ3v) is 6.63. The largest absolute Gasteiger partial charge is 0.416 e. The van der Waals surface area contributed by atoms with Crippen LogP contribution >= 0.6 is 0 Å². The van der Waals surface area contributed by atoms with Gasteiger partial charge in [0, 0.05) is 18.7 Å². The highest BCUT2D eigenvalue weighted by Crippen LogP contribution is 2.29. The molecule has 0 atom stereocenters. The molecule has 0 saturated carbocycles. The van der Waals surface area contributed by atoms with Gasteiger partial charge in [0.25, 0.3) is 5.91 Å². The molecular weight excluding hydrogens is 435 g/mol. The van der Waals surface area contributed by atoms with Gasteiger partial charge in [-0.3, -0.25) is 20.4 Å². The molecule has 1 heterocycles. The number of hydrogen-bond donors (Lipinski definition) is 2. The van der Waals surface area contributed by atoms with E-state index in [1.807, 2.05) is 0 Å². The number of amides is 2. The minimum Gasteiger partial charge on any atom is -0.273 e. The smallest absolute Gasteiger partial charge is 0.273 e. The summed E-state index contributed by atoms with van der Waals surface area (Å²) in [5.74, 6) is -1.48. The van der Waals surface area contributed by atoms with Crippen molar-refractivity contribution < 1.29 is 31.2 Å². The van der Waals surface area contributed by atoms with Gasteiger partial charge in [0.05, 0.1) is 16.9 Å². The minimum atomic E-state index is -4.53. The highest BCUT2D eigenvalue weighted by Gasteiger charge is 2.30. The number of hydrogen-bond acceptors (Lipinski definition) is 4. The van der Waals surface area contributed by atoms with E-state index in [-0.39, 0.29) is 22.4 Å². The Morgan fingerprint density at radius 2 is 1.65 bits per heavy atom. The van der Waals surface area contributed by atoms with Gasteiger partial charge in [-0.2, -0.15) is 17.5 Å². The standard InChI is InChI=1S/C20H20F3N3O4S/c21-20(22,23)16-7-3-5-14(11-16)12-18(27)24-25-19(28)15-6-4-8-17(13-15)31(29,30)26-9-1-2-10-26/h3-8,11,13H,1-2,9-10,12H2,(H,24,27)(H,25,28). The summed E-state index contributed by atoms with van der Waals surface area (Å²) >= 11 is 0. The summed E-state index contributed by atoms with van der Waals surface area (Å²) in [6.45, 7) is 0.842. The third-order valence-electron chi connectivity index (χ3n) is 4.73. The Morgan fingerprint density at radius 3 is 2.32 bits per heavy atom. The van der Waals surface area contributed by atoms with Gasteiger partial charge < -0.3 is 0 Å². The second-order valence-corrected chi connectivity index (χ2v) is 8.95. The number of hydrazine groups is 1. The Morgan fingerprint density at radius 1 is 0.968 bits per heavy atom. The van der Waals surface area contributed by atoms with E-state index in [0.717, 1.165) is 25.0 Å². The lowest BCUT2D eigenvalue weighted by Gasteiger charge is -2.16. The van der Waals surface area contributed by atoms with Crippen molar-refractivity contribution in [2.24, 2.45) is 0 Å². The quantitative estimate of drug-likeness (QED) is 0.678. The number of nitrogens with one attached hydrogen (secondary N) is 2. The fourth-order valence-electron chi connectivity index (χ4n) is 3.16. The highest BCUT2D eigenvalue weighted by molar-refractivity contribution is 7.89. The first kappa shape index (κ1) is 22.8. The number of nitrogens with zero attached hydrogens (tertiary/aromatic N) is 1. The van der Waals surface area contributed by atoms with Gasteiger partial charge >= 0.3 is 6.18 Å². The molecule has 0 aliphatic carbocycles. The van der Waals surface area contributed by atoms with E-state index in [9.17, 15) is 31.2 Å². The van der Waals surface area contributed by atoms with Crippen LogP contribution in [0, 0.1) is 0 Å². The van der Waals surface area contributed by atoms with Gasteiger partial charge in [-0.15, -0.1) is 0 Å². The van der Waals surface area contributed by atoms with Crippen molar-refractivity contribution in [2.75, 3.05) is 13.1 Å². The second-order valence-electron chi connectivity index (χ2n) is 7.02. The van der Waals surface area contributed by atoms with Crippen LogP contribution in [-0.2, 0) is 27.4 Å². The fraction of sp³-hybridized carbons (Fsp3) is 0.300. The number of benzene rings is 2. The molecule has 2 amide bonds. The lowest BCUT2D eigenvalue weighted by atomic mass is 10.1. The van der Waals surface area contributed by atoms with Gasteiger partial charge in [-0.1, -0.05) is 24.3 Å². The molecule has 1 fully saturated rings. The second kappa shape index (κ2) is 9.06. The van der Waals surface area contributed by atoms with E-state index in [4.69, 9.17) is 0 Å². The predicted molar refractivity (Wildman–Crippen MR) is 105 cm³/mol. The predicted octanol–water partition coefficient (Wildman–Crippen LogP) is 2.49. The van der Waals surface area contributed by atoms with Crippen LogP contribution in [0.25, 0.3) is 0 Å². The van der Waals surface area contributed by atoms with Crippen LogP contribution in [0.1, 0.15) is 34.3 Å². The topological polar surface area (TPSA) is 95.6 Å². The molecule has 1 aliphatic rings. The number of carbonyl (C=O) groups excluding carboxylic acids is 2. The molecule has 31 heavy (non-hydrogen) atoms. The molecule has 2 aromatic carbocycles. The first-order chi connectivity index (χ1) is 14.6. The summed E-state index contributed by atoms with van der Waals surface area (Å²) < 4.78 is 64.9. The average Bonchev–Trinajstić information content (AvgIpc) is 3.27. The first-order valence-corrected chi connectivity index (χ1v) is 10.9. The maximum absolute atomic E-state index is 12.8. The number of alkyl halides is 3. The molecule has 0 unspecified atom stereocenters. The maximum Gasteiger partial charge on any atom is 0.416 e. The molecule has 1 saturated heterocycles. The van der Waals surface area contributed by atoms with Crippen molar-refractivity contribution in [1.29, 1.82) is 0 Å². The van der Waals surface area contributed by atoms with Crippen LogP contribution in [0.4, 0.5) is 13.2 Å². The van der Waals surface area contributed by atoms with Crippen LogP contribution in [0.3, 0.4) is 0 Å². The van der Waals surface area contributed by atoms with E-state index >= 15 is 0 Å². The molecule has 7 nitrogen and oxygen atoms in total. The molecular formula is C20H20F3N3O4S. The normalized spacial score (nSPS) is 14.9. The summed E-state index contributed by atoms with van der Waals surface area (Å²) in [5.41, 5.74) is 3.53. The number of rotatable bonds is 5. The lowest BCUT2D eigenvalue weighted by Crippen LogP contribution is -2.42. The molecule has 1 aliphatic heterocycles. The van der Waals surface area contributed by atoms with Crippen LogP contribution in [0.2, 0.25) is 0 Å². The van der Waals surface area contributed by atoms with Gasteiger partial charge in [0.2, 0.25) is 15.9 Å². The van der Waals surface area contributed by atoms with Gasteiger partial charge in [-0.25, -0.2) is 8.42 Å². The van der Waals surface area contributed by atoms with Crippen LogP contribution in [0.15, 0.2) is 53.4 Å². The molecule has 0 spiro atoms. The maximum atomic E-state index is 12.8. The Hall–Kier alpha value is -2.92. The summed E-state index contributed by atoms with van der Waals surface area (Å²) in [6, 6.07) is 9.71.